The van der Waals surface area contributed by atoms with E-state index in [4.69, 9.17) is 0 Å². The summed E-state index contributed by atoms with van der Waals surface area (Å²) in [5.74, 6) is 0. The van der Waals surface area contributed by atoms with Crippen LogP contribution in [0.2, 0.25) is 0 Å². The van der Waals surface area contributed by atoms with Crippen molar-refractivity contribution in [1.82, 2.24) is 4.98 Å². The van der Waals surface area contributed by atoms with E-state index in [1.54, 1.807) is 12.4 Å². The molecule has 1 aromatic carbocycles. The van der Waals surface area contributed by atoms with Crippen molar-refractivity contribution in [3.05, 3.63) is 65.5 Å². The standard InChI is InChI=1S/C16H19NO/c1-16(2,3)14-6-4-12(5-7-14)15(18)13-8-10-17-11-9-13/h4-11,15,18H,1-3H3. The fourth-order valence-electron chi connectivity index (χ4n) is 1.90. The van der Waals surface area contributed by atoms with Gasteiger partial charge in [0.1, 0.15) is 6.10 Å². The van der Waals surface area contributed by atoms with Crippen LogP contribution in [0.3, 0.4) is 0 Å². The van der Waals surface area contributed by atoms with E-state index >= 15 is 0 Å². The average Bonchev–Trinajstić information content (AvgIpc) is 2.38. The number of aliphatic hydroxyl groups is 1. The highest BCUT2D eigenvalue weighted by molar-refractivity contribution is 5.33. The molecule has 1 unspecified atom stereocenters. The Bertz CT molecular complexity index is 497. The van der Waals surface area contributed by atoms with Crippen molar-refractivity contribution in [3.63, 3.8) is 0 Å². The van der Waals surface area contributed by atoms with Crippen LogP contribution in [-0.4, -0.2) is 10.1 Å². The Morgan fingerprint density at radius 2 is 1.39 bits per heavy atom. The summed E-state index contributed by atoms with van der Waals surface area (Å²) in [6.45, 7) is 6.55. The minimum Gasteiger partial charge on any atom is -0.384 e. The van der Waals surface area contributed by atoms with Crippen molar-refractivity contribution in [2.75, 3.05) is 0 Å². The van der Waals surface area contributed by atoms with Crippen molar-refractivity contribution in [3.8, 4) is 0 Å². The SMILES string of the molecule is CC(C)(C)c1ccc(C(O)c2ccncc2)cc1. The van der Waals surface area contributed by atoms with Gasteiger partial charge in [0.2, 0.25) is 0 Å². The van der Waals surface area contributed by atoms with Crippen molar-refractivity contribution in [2.45, 2.75) is 32.3 Å². The zero-order chi connectivity index (χ0) is 13.2. The molecule has 0 saturated heterocycles. The molecule has 0 amide bonds. The average molecular weight is 241 g/mol. The van der Waals surface area contributed by atoms with E-state index < -0.39 is 6.10 Å². The van der Waals surface area contributed by atoms with Crippen LogP contribution >= 0.6 is 0 Å². The van der Waals surface area contributed by atoms with Crippen LogP contribution in [0.15, 0.2) is 48.8 Å². The van der Waals surface area contributed by atoms with Gasteiger partial charge >= 0.3 is 0 Å². The topological polar surface area (TPSA) is 33.1 Å². The number of benzene rings is 1. The van der Waals surface area contributed by atoms with Crippen LogP contribution < -0.4 is 0 Å². The third-order valence-electron chi connectivity index (χ3n) is 3.11. The molecule has 0 radical (unpaired) electrons. The second kappa shape index (κ2) is 4.91. The Kier molecular flexibility index (Phi) is 3.48. The van der Waals surface area contributed by atoms with Crippen LogP contribution in [-0.2, 0) is 5.41 Å². The summed E-state index contributed by atoms with van der Waals surface area (Å²) in [7, 11) is 0. The molecule has 0 aliphatic heterocycles. The van der Waals surface area contributed by atoms with Crippen LogP contribution in [0.4, 0.5) is 0 Å². The van der Waals surface area contributed by atoms with Gasteiger partial charge in [0.05, 0.1) is 0 Å². The van der Waals surface area contributed by atoms with Gasteiger partial charge in [-0.15, -0.1) is 0 Å². The van der Waals surface area contributed by atoms with Gasteiger partial charge in [-0.2, -0.15) is 0 Å². The third-order valence-corrected chi connectivity index (χ3v) is 3.11. The molecule has 2 aromatic rings. The van der Waals surface area contributed by atoms with E-state index in [1.165, 1.54) is 5.56 Å². The van der Waals surface area contributed by atoms with Gasteiger partial charge in [-0.25, -0.2) is 0 Å². The summed E-state index contributed by atoms with van der Waals surface area (Å²) in [6.07, 6.45) is 2.81. The summed E-state index contributed by atoms with van der Waals surface area (Å²) in [5.41, 5.74) is 3.19. The lowest BCUT2D eigenvalue weighted by Crippen LogP contribution is -2.11. The van der Waals surface area contributed by atoms with Gasteiger partial charge in [-0.3, -0.25) is 4.98 Å². The number of rotatable bonds is 2. The molecule has 1 atom stereocenters. The summed E-state index contributed by atoms with van der Waals surface area (Å²) >= 11 is 0. The Hall–Kier alpha value is -1.67. The van der Waals surface area contributed by atoms with Crippen molar-refractivity contribution >= 4 is 0 Å². The minimum atomic E-state index is -0.581. The van der Waals surface area contributed by atoms with Crippen LogP contribution in [0, 0.1) is 0 Å². The van der Waals surface area contributed by atoms with Crippen LogP contribution in [0.25, 0.3) is 0 Å². The lowest BCUT2D eigenvalue weighted by atomic mass is 9.86. The molecule has 0 bridgehead atoms. The predicted octanol–water partition coefficient (Wildman–Crippen LogP) is 3.46. The molecule has 1 heterocycles. The van der Waals surface area contributed by atoms with Gasteiger partial charge < -0.3 is 5.11 Å². The Morgan fingerprint density at radius 3 is 1.89 bits per heavy atom. The quantitative estimate of drug-likeness (QED) is 0.873. The minimum absolute atomic E-state index is 0.139. The molecule has 0 fully saturated rings. The molecule has 2 nitrogen and oxygen atoms in total. The van der Waals surface area contributed by atoms with Crippen molar-refractivity contribution in [1.29, 1.82) is 0 Å². The fourth-order valence-corrected chi connectivity index (χ4v) is 1.90. The predicted molar refractivity (Wildman–Crippen MR) is 73.4 cm³/mol. The first kappa shape index (κ1) is 12.8. The number of hydrogen-bond acceptors (Lipinski definition) is 2. The maximum Gasteiger partial charge on any atom is 0.104 e. The molecule has 0 aliphatic carbocycles. The number of pyridine rings is 1. The van der Waals surface area contributed by atoms with E-state index in [1.807, 2.05) is 24.3 Å². The second-order valence-electron chi connectivity index (χ2n) is 5.56. The first-order valence-electron chi connectivity index (χ1n) is 6.17. The molecular weight excluding hydrogens is 222 g/mol. The number of nitrogens with zero attached hydrogens (tertiary/aromatic N) is 1. The molecule has 1 N–H and O–H groups in total. The normalized spacial score (nSPS) is 13.3. The molecular formula is C16H19NO. The maximum atomic E-state index is 10.3. The summed E-state index contributed by atoms with van der Waals surface area (Å²) < 4.78 is 0. The molecule has 0 spiro atoms. The van der Waals surface area contributed by atoms with E-state index in [9.17, 15) is 5.11 Å². The summed E-state index contributed by atoms with van der Waals surface area (Å²) in [4.78, 5) is 3.96. The zero-order valence-electron chi connectivity index (χ0n) is 11.1. The first-order chi connectivity index (χ1) is 8.48. The summed E-state index contributed by atoms with van der Waals surface area (Å²) in [6, 6.07) is 11.8. The number of aliphatic hydroxyl groups excluding tert-OH is 1. The van der Waals surface area contributed by atoms with Gasteiger partial charge in [0.25, 0.3) is 0 Å². The van der Waals surface area contributed by atoms with Crippen LogP contribution in [0.1, 0.15) is 43.6 Å². The fraction of sp³-hybridized carbons (Fsp3) is 0.312. The van der Waals surface area contributed by atoms with Crippen molar-refractivity contribution < 1.29 is 5.11 Å². The first-order valence-corrected chi connectivity index (χ1v) is 6.17. The second-order valence-corrected chi connectivity index (χ2v) is 5.56. The molecule has 1 aromatic heterocycles. The molecule has 0 aliphatic rings. The van der Waals surface area contributed by atoms with Gasteiger partial charge in [0.15, 0.2) is 0 Å². The number of aromatic nitrogens is 1. The lowest BCUT2D eigenvalue weighted by Gasteiger charge is -2.20. The van der Waals surface area contributed by atoms with E-state index in [0.717, 1.165) is 11.1 Å². The van der Waals surface area contributed by atoms with E-state index in [2.05, 4.69) is 37.9 Å². The van der Waals surface area contributed by atoms with Crippen molar-refractivity contribution in [2.24, 2.45) is 0 Å². The van der Waals surface area contributed by atoms with Gasteiger partial charge in [0, 0.05) is 12.4 Å². The Morgan fingerprint density at radius 1 is 0.889 bits per heavy atom. The lowest BCUT2D eigenvalue weighted by molar-refractivity contribution is 0.220. The molecule has 18 heavy (non-hydrogen) atoms. The highest BCUT2D eigenvalue weighted by atomic mass is 16.3. The Labute approximate surface area is 108 Å². The van der Waals surface area contributed by atoms with Crippen LogP contribution in [0.5, 0.6) is 0 Å². The van der Waals surface area contributed by atoms with E-state index in [-0.39, 0.29) is 5.41 Å². The molecule has 0 saturated carbocycles. The third kappa shape index (κ3) is 2.77. The smallest absolute Gasteiger partial charge is 0.104 e. The van der Waals surface area contributed by atoms with Gasteiger partial charge in [-0.1, -0.05) is 45.0 Å². The monoisotopic (exact) mass is 241 g/mol. The van der Waals surface area contributed by atoms with E-state index in [0.29, 0.717) is 0 Å². The Balaban J connectivity index is 2.25. The summed E-state index contributed by atoms with van der Waals surface area (Å²) in [5, 5.41) is 10.3. The van der Waals surface area contributed by atoms with Gasteiger partial charge in [-0.05, 0) is 34.2 Å². The highest BCUT2D eigenvalue weighted by Gasteiger charge is 2.15. The largest absolute Gasteiger partial charge is 0.384 e. The number of hydrogen-bond donors (Lipinski definition) is 1. The molecule has 2 rings (SSSR count). The molecule has 94 valence electrons. The molecule has 2 heteroatoms. The highest BCUT2D eigenvalue weighted by Crippen LogP contribution is 2.26. The zero-order valence-corrected chi connectivity index (χ0v) is 11.1. The maximum absolute atomic E-state index is 10.3.